The average molecular weight is 588 g/mol. The summed E-state index contributed by atoms with van der Waals surface area (Å²) in [5.74, 6) is 0. The van der Waals surface area contributed by atoms with Crippen molar-refractivity contribution in [2.24, 2.45) is 0 Å². The second kappa shape index (κ2) is 14.2. The molecule has 17 heteroatoms. The van der Waals surface area contributed by atoms with Gasteiger partial charge in [0.05, 0.1) is 32.5 Å². The maximum atomic E-state index is 10.8. The van der Waals surface area contributed by atoms with Gasteiger partial charge in [0.25, 0.3) is 0 Å². The summed E-state index contributed by atoms with van der Waals surface area (Å²) in [6.07, 6.45) is -19.5. The lowest BCUT2D eigenvalue weighted by Crippen LogP contribution is -2.61. The van der Waals surface area contributed by atoms with Gasteiger partial charge in [0, 0.05) is 6.54 Å². The number of hydrogen-bond donors (Lipinski definition) is 10. The second-order valence-electron chi connectivity index (χ2n) is 10.4. The molecule has 234 valence electrons. The molecule has 10 N–H and O–H groups in total. The lowest BCUT2D eigenvalue weighted by atomic mass is 9.99. The quantitative estimate of drug-likeness (QED) is 0.107. The summed E-state index contributed by atoms with van der Waals surface area (Å²) < 4.78 is 38.6. The van der Waals surface area contributed by atoms with Crippen LogP contribution >= 0.6 is 0 Å². The van der Waals surface area contributed by atoms with Crippen molar-refractivity contribution in [3.8, 4) is 0 Å². The van der Waals surface area contributed by atoms with E-state index in [-0.39, 0.29) is 33.0 Å². The molecular formula is C23H41NO16. The first-order valence-corrected chi connectivity index (χ1v) is 13.3. The highest BCUT2D eigenvalue weighted by Crippen LogP contribution is 2.30. The fourth-order valence-corrected chi connectivity index (χ4v) is 5.16. The molecule has 8 unspecified atom stereocenters. The number of aliphatic hydroxyl groups is 8. The van der Waals surface area contributed by atoms with E-state index in [4.69, 9.17) is 38.4 Å². The Hall–Kier alpha value is -0.680. The first-order valence-electron chi connectivity index (χ1n) is 13.3. The highest BCUT2D eigenvalue weighted by atomic mass is 16.7. The van der Waals surface area contributed by atoms with Crippen LogP contribution in [-0.4, -0.2) is 177 Å². The van der Waals surface area contributed by atoms with E-state index in [2.05, 4.69) is 0 Å². The smallest absolute Gasteiger partial charge is 0.187 e. The summed E-state index contributed by atoms with van der Waals surface area (Å²) in [5.41, 5.74) is 1.85. The van der Waals surface area contributed by atoms with Gasteiger partial charge in [0.1, 0.15) is 79.4 Å². The molecule has 0 bridgehead atoms. The van der Waals surface area contributed by atoms with Crippen molar-refractivity contribution in [1.82, 2.24) is 5.48 Å². The Morgan fingerprint density at radius 2 is 1.27 bits per heavy atom. The summed E-state index contributed by atoms with van der Waals surface area (Å²) in [4.78, 5) is 0. The van der Waals surface area contributed by atoms with Crippen molar-refractivity contribution in [2.75, 3.05) is 33.0 Å². The summed E-state index contributed by atoms with van der Waals surface area (Å²) in [7, 11) is 0. The molecule has 4 heterocycles. The molecule has 4 fully saturated rings. The van der Waals surface area contributed by atoms with E-state index < -0.39 is 98.0 Å². The zero-order chi connectivity index (χ0) is 29.1. The number of hydroxylamine groups is 1. The minimum absolute atomic E-state index is 0.130. The predicted molar refractivity (Wildman–Crippen MR) is 126 cm³/mol. The van der Waals surface area contributed by atoms with Gasteiger partial charge >= 0.3 is 0 Å². The van der Waals surface area contributed by atoms with E-state index in [0.717, 1.165) is 0 Å². The third kappa shape index (κ3) is 6.92. The minimum atomic E-state index is -1.62. The molecule has 0 aromatic heterocycles. The number of hydrogen-bond acceptors (Lipinski definition) is 17. The Morgan fingerprint density at radius 1 is 0.650 bits per heavy atom. The van der Waals surface area contributed by atoms with E-state index in [0.29, 0.717) is 6.42 Å². The fraction of sp³-hybridized carbons (Fsp3) is 1.00. The van der Waals surface area contributed by atoms with Crippen LogP contribution in [0, 0.1) is 0 Å². The molecule has 4 rings (SSSR count). The van der Waals surface area contributed by atoms with Crippen LogP contribution in [0.2, 0.25) is 0 Å². The standard InChI is InChI=1S/C23H41NO16/c1-2-9-14(26)20(32)23(38-9)40-21-8(25)4-34-12(18(21)30)5-36-11-6-37-22(19(31)16(11)28)39-13-7-35-10(3-24-33)15(27)17(13)29/h8-33H,2-7H2,1H3/t8-,9+,10+,11-,12+,13-,14?,15?,16?,17?,18?,19?,20?,21?,22+,23+/m1/s1. The van der Waals surface area contributed by atoms with Crippen LogP contribution in [0.25, 0.3) is 0 Å². The predicted octanol–water partition coefficient (Wildman–Crippen LogP) is -5.70. The van der Waals surface area contributed by atoms with Crippen molar-refractivity contribution in [2.45, 2.75) is 111 Å². The monoisotopic (exact) mass is 587 g/mol. The van der Waals surface area contributed by atoms with Gasteiger partial charge in [0.15, 0.2) is 12.6 Å². The van der Waals surface area contributed by atoms with Gasteiger partial charge < -0.3 is 79.2 Å². The zero-order valence-corrected chi connectivity index (χ0v) is 21.9. The SMILES string of the molecule is CC[C@@H]1O[C@@H](OC2C(O)[C@H](CO[C@@H]3CO[C@@H](O[C@@H]4CO[C@@H](CNO)C(O)C4O)C(O)C3O)OC[C@H]2O)C(O)C1O. The molecular weight excluding hydrogens is 546 g/mol. The van der Waals surface area contributed by atoms with Gasteiger partial charge in [-0.2, -0.15) is 0 Å². The largest absolute Gasteiger partial charge is 0.388 e. The first kappa shape index (κ1) is 32.2. The zero-order valence-electron chi connectivity index (χ0n) is 21.9. The fourth-order valence-electron chi connectivity index (χ4n) is 5.16. The van der Waals surface area contributed by atoms with Gasteiger partial charge in [-0.3, -0.25) is 0 Å². The van der Waals surface area contributed by atoms with Gasteiger partial charge in [-0.1, -0.05) is 6.92 Å². The topological polar surface area (TPSA) is 259 Å². The third-order valence-corrected chi connectivity index (χ3v) is 7.69. The average Bonchev–Trinajstić information content (AvgIpc) is 3.21. The highest BCUT2D eigenvalue weighted by Gasteiger charge is 2.49. The van der Waals surface area contributed by atoms with Gasteiger partial charge in [-0.15, -0.1) is 0 Å². The van der Waals surface area contributed by atoms with Crippen LogP contribution in [0.15, 0.2) is 0 Å². The molecule has 0 aromatic carbocycles. The maximum Gasteiger partial charge on any atom is 0.187 e. The Balaban J connectivity index is 1.26. The van der Waals surface area contributed by atoms with Crippen LogP contribution < -0.4 is 5.48 Å². The van der Waals surface area contributed by atoms with Crippen molar-refractivity contribution >= 4 is 0 Å². The Morgan fingerprint density at radius 3 is 1.95 bits per heavy atom. The second-order valence-corrected chi connectivity index (χ2v) is 10.4. The highest BCUT2D eigenvalue weighted by molar-refractivity contribution is 4.93. The van der Waals surface area contributed by atoms with Gasteiger partial charge in [-0.25, -0.2) is 5.48 Å². The molecule has 0 amide bonds. The Labute approximate surface area is 229 Å². The van der Waals surface area contributed by atoms with E-state index in [1.165, 1.54) is 0 Å². The van der Waals surface area contributed by atoms with Crippen LogP contribution in [0.1, 0.15) is 13.3 Å². The Bertz CT molecular complexity index is 783. The lowest BCUT2D eigenvalue weighted by molar-refractivity contribution is -0.317. The molecule has 40 heavy (non-hydrogen) atoms. The molecule has 0 saturated carbocycles. The number of ether oxygens (including phenoxy) is 7. The van der Waals surface area contributed by atoms with E-state index in [1.807, 2.05) is 5.48 Å². The molecule has 0 aliphatic carbocycles. The summed E-state index contributed by atoms with van der Waals surface area (Å²) in [6, 6.07) is 0. The molecule has 0 radical (unpaired) electrons. The number of aliphatic hydroxyl groups excluding tert-OH is 8. The molecule has 4 aliphatic rings. The number of rotatable bonds is 10. The van der Waals surface area contributed by atoms with Crippen molar-refractivity contribution in [3.05, 3.63) is 0 Å². The molecule has 16 atom stereocenters. The van der Waals surface area contributed by atoms with Crippen LogP contribution in [0.4, 0.5) is 0 Å². The molecule has 4 aliphatic heterocycles. The van der Waals surface area contributed by atoms with Gasteiger partial charge in [0.2, 0.25) is 0 Å². The molecule has 0 spiro atoms. The summed E-state index contributed by atoms with van der Waals surface area (Å²) in [5, 5.41) is 91.7. The first-order chi connectivity index (χ1) is 19.1. The molecule has 0 aromatic rings. The lowest BCUT2D eigenvalue weighted by Gasteiger charge is -2.43. The minimum Gasteiger partial charge on any atom is -0.388 e. The van der Waals surface area contributed by atoms with Crippen molar-refractivity contribution < 1.29 is 79.2 Å². The normalized spacial score (nSPS) is 50.2. The maximum absolute atomic E-state index is 10.8. The van der Waals surface area contributed by atoms with Crippen molar-refractivity contribution in [3.63, 3.8) is 0 Å². The van der Waals surface area contributed by atoms with Gasteiger partial charge in [-0.05, 0) is 6.42 Å². The van der Waals surface area contributed by atoms with Crippen LogP contribution in [-0.2, 0) is 33.2 Å². The summed E-state index contributed by atoms with van der Waals surface area (Å²) in [6.45, 7) is 0.653. The van der Waals surface area contributed by atoms with E-state index in [9.17, 15) is 40.9 Å². The third-order valence-electron chi connectivity index (χ3n) is 7.69. The molecule has 17 nitrogen and oxygen atoms in total. The van der Waals surface area contributed by atoms with Crippen LogP contribution in [0.5, 0.6) is 0 Å². The van der Waals surface area contributed by atoms with E-state index >= 15 is 0 Å². The van der Waals surface area contributed by atoms with Crippen molar-refractivity contribution in [1.29, 1.82) is 0 Å². The molecule has 4 saturated heterocycles. The van der Waals surface area contributed by atoms with E-state index in [1.54, 1.807) is 6.92 Å². The number of nitrogens with one attached hydrogen (secondary N) is 1. The Kier molecular flexibility index (Phi) is 11.4. The summed E-state index contributed by atoms with van der Waals surface area (Å²) >= 11 is 0. The van der Waals surface area contributed by atoms with Crippen LogP contribution in [0.3, 0.4) is 0 Å².